The van der Waals surface area contributed by atoms with Crippen LogP contribution >= 0.6 is 0 Å². The number of hydrogen-bond donors (Lipinski definition) is 0. The van der Waals surface area contributed by atoms with Crippen LogP contribution < -0.4 is 0 Å². The molecular formula is C18H18O. The van der Waals surface area contributed by atoms with Crippen LogP contribution in [0.25, 0.3) is 0 Å². The zero-order valence-electron chi connectivity index (χ0n) is 11.5. The first kappa shape index (κ1) is 12.2. The van der Waals surface area contributed by atoms with Crippen molar-refractivity contribution >= 4 is 5.78 Å². The van der Waals surface area contributed by atoms with Crippen molar-refractivity contribution in [1.29, 1.82) is 0 Å². The van der Waals surface area contributed by atoms with Gasteiger partial charge in [-0.1, -0.05) is 35.9 Å². The van der Waals surface area contributed by atoms with E-state index in [-0.39, 0.29) is 5.78 Å². The Balaban J connectivity index is 2.00. The fourth-order valence-corrected chi connectivity index (χ4v) is 2.94. The third-order valence-electron chi connectivity index (χ3n) is 3.99. The van der Waals surface area contributed by atoms with E-state index in [1.165, 1.54) is 23.1 Å². The van der Waals surface area contributed by atoms with Gasteiger partial charge in [0.2, 0.25) is 0 Å². The molecule has 1 heteroatoms. The Morgan fingerprint density at radius 2 is 1.74 bits per heavy atom. The molecule has 1 aliphatic rings. The van der Waals surface area contributed by atoms with Gasteiger partial charge in [0.25, 0.3) is 0 Å². The first-order valence-corrected chi connectivity index (χ1v) is 6.89. The lowest BCUT2D eigenvalue weighted by Gasteiger charge is -2.08. The minimum Gasteiger partial charge on any atom is -0.289 e. The molecule has 0 saturated heterocycles. The van der Waals surface area contributed by atoms with E-state index in [9.17, 15) is 4.79 Å². The molecule has 0 bridgehead atoms. The van der Waals surface area contributed by atoms with Crippen molar-refractivity contribution in [3.05, 3.63) is 69.8 Å². The summed E-state index contributed by atoms with van der Waals surface area (Å²) < 4.78 is 0. The molecule has 3 rings (SSSR count). The van der Waals surface area contributed by atoms with Crippen LogP contribution in [-0.4, -0.2) is 5.78 Å². The maximum atomic E-state index is 12.6. The highest BCUT2D eigenvalue weighted by Gasteiger charge is 2.16. The molecule has 0 N–H and O–H groups in total. The number of aryl methyl sites for hydroxylation is 4. The minimum atomic E-state index is 0.146. The van der Waals surface area contributed by atoms with Crippen LogP contribution in [0.2, 0.25) is 0 Å². The van der Waals surface area contributed by atoms with E-state index in [0.29, 0.717) is 0 Å². The molecule has 0 radical (unpaired) electrons. The van der Waals surface area contributed by atoms with Crippen LogP contribution in [-0.2, 0) is 12.8 Å². The summed E-state index contributed by atoms with van der Waals surface area (Å²) in [7, 11) is 0. The SMILES string of the molecule is Cc1ccc(C(=O)c2ccc3c(c2)CCC3)c(C)c1. The average molecular weight is 250 g/mol. The van der Waals surface area contributed by atoms with Gasteiger partial charge >= 0.3 is 0 Å². The van der Waals surface area contributed by atoms with Crippen molar-refractivity contribution < 1.29 is 4.79 Å². The van der Waals surface area contributed by atoms with Gasteiger partial charge in [-0.2, -0.15) is 0 Å². The number of benzene rings is 2. The summed E-state index contributed by atoms with van der Waals surface area (Å²) in [5.41, 5.74) is 6.68. The van der Waals surface area contributed by atoms with E-state index < -0.39 is 0 Å². The van der Waals surface area contributed by atoms with Gasteiger partial charge in [-0.15, -0.1) is 0 Å². The van der Waals surface area contributed by atoms with Gasteiger partial charge in [-0.3, -0.25) is 4.79 Å². The predicted octanol–water partition coefficient (Wildman–Crippen LogP) is 4.02. The quantitative estimate of drug-likeness (QED) is 0.736. The van der Waals surface area contributed by atoms with E-state index >= 15 is 0 Å². The lowest BCUT2D eigenvalue weighted by atomic mass is 9.95. The van der Waals surface area contributed by atoms with Crippen LogP contribution in [0, 0.1) is 13.8 Å². The van der Waals surface area contributed by atoms with Gasteiger partial charge in [0.15, 0.2) is 5.78 Å². The first-order chi connectivity index (χ1) is 9.15. The van der Waals surface area contributed by atoms with Gasteiger partial charge in [-0.05, 0) is 55.9 Å². The van der Waals surface area contributed by atoms with Crippen LogP contribution in [0.1, 0.15) is 44.6 Å². The van der Waals surface area contributed by atoms with Crippen molar-refractivity contribution in [2.75, 3.05) is 0 Å². The largest absolute Gasteiger partial charge is 0.289 e. The third-order valence-corrected chi connectivity index (χ3v) is 3.99. The number of rotatable bonds is 2. The molecule has 0 amide bonds. The lowest BCUT2D eigenvalue weighted by Crippen LogP contribution is -2.04. The molecule has 2 aromatic rings. The molecule has 0 aromatic heterocycles. The second kappa shape index (κ2) is 4.65. The molecule has 96 valence electrons. The highest BCUT2D eigenvalue weighted by molar-refractivity contribution is 6.10. The fourth-order valence-electron chi connectivity index (χ4n) is 2.94. The summed E-state index contributed by atoms with van der Waals surface area (Å²) >= 11 is 0. The summed E-state index contributed by atoms with van der Waals surface area (Å²) in [4.78, 5) is 12.6. The highest BCUT2D eigenvalue weighted by atomic mass is 16.1. The van der Waals surface area contributed by atoms with E-state index in [1.807, 2.05) is 25.1 Å². The molecular weight excluding hydrogens is 232 g/mol. The van der Waals surface area contributed by atoms with Gasteiger partial charge in [0.1, 0.15) is 0 Å². The highest BCUT2D eigenvalue weighted by Crippen LogP contribution is 2.24. The molecule has 0 saturated carbocycles. The van der Waals surface area contributed by atoms with Crippen LogP contribution in [0.3, 0.4) is 0 Å². The van der Waals surface area contributed by atoms with Crippen molar-refractivity contribution in [2.45, 2.75) is 33.1 Å². The minimum absolute atomic E-state index is 0.146. The number of fused-ring (bicyclic) bond motifs is 1. The van der Waals surface area contributed by atoms with E-state index in [1.54, 1.807) is 0 Å². The van der Waals surface area contributed by atoms with Crippen molar-refractivity contribution in [3.8, 4) is 0 Å². The maximum absolute atomic E-state index is 12.6. The molecule has 1 nitrogen and oxygen atoms in total. The Morgan fingerprint density at radius 1 is 0.947 bits per heavy atom. The molecule has 1 aliphatic carbocycles. The van der Waals surface area contributed by atoms with E-state index in [4.69, 9.17) is 0 Å². The Morgan fingerprint density at radius 3 is 2.53 bits per heavy atom. The topological polar surface area (TPSA) is 17.1 Å². The first-order valence-electron chi connectivity index (χ1n) is 6.89. The van der Waals surface area contributed by atoms with Crippen molar-refractivity contribution in [3.63, 3.8) is 0 Å². The number of carbonyl (C=O) groups excluding carboxylic acids is 1. The predicted molar refractivity (Wildman–Crippen MR) is 77.8 cm³/mol. The zero-order chi connectivity index (χ0) is 13.4. The van der Waals surface area contributed by atoms with Gasteiger partial charge in [0, 0.05) is 11.1 Å². The monoisotopic (exact) mass is 250 g/mol. The second-order valence-electron chi connectivity index (χ2n) is 5.48. The van der Waals surface area contributed by atoms with E-state index in [0.717, 1.165) is 29.5 Å². The normalized spacial score (nSPS) is 13.4. The van der Waals surface area contributed by atoms with Crippen molar-refractivity contribution in [1.82, 2.24) is 0 Å². The number of carbonyl (C=O) groups is 1. The smallest absolute Gasteiger partial charge is 0.193 e. The van der Waals surface area contributed by atoms with Crippen LogP contribution in [0.4, 0.5) is 0 Å². The Bertz CT molecular complexity index is 653. The van der Waals surface area contributed by atoms with Crippen LogP contribution in [0.15, 0.2) is 36.4 Å². The lowest BCUT2D eigenvalue weighted by molar-refractivity contribution is 0.103. The Kier molecular flexibility index (Phi) is 2.98. The molecule has 0 fully saturated rings. The molecule has 0 aliphatic heterocycles. The van der Waals surface area contributed by atoms with Gasteiger partial charge in [0.05, 0.1) is 0 Å². The Labute approximate surface area is 114 Å². The summed E-state index contributed by atoms with van der Waals surface area (Å²) in [6.45, 7) is 4.06. The summed E-state index contributed by atoms with van der Waals surface area (Å²) in [6.07, 6.45) is 3.49. The maximum Gasteiger partial charge on any atom is 0.193 e. The molecule has 0 heterocycles. The molecule has 2 aromatic carbocycles. The number of ketones is 1. The molecule has 19 heavy (non-hydrogen) atoms. The standard InChI is InChI=1S/C18H18O/c1-12-6-9-17(13(2)10-12)18(19)16-8-7-14-4-3-5-15(14)11-16/h6-11H,3-5H2,1-2H3. The summed E-state index contributed by atoms with van der Waals surface area (Å²) in [5, 5.41) is 0. The summed E-state index contributed by atoms with van der Waals surface area (Å²) in [6, 6.07) is 12.2. The van der Waals surface area contributed by atoms with Crippen molar-refractivity contribution in [2.24, 2.45) is 0 Å². The molecule has 0 unspecified atom stereocenters. The second-order valence-corrected chi connectivity index (χ2v) is 5.48. The van der Waals surface area contributed by atoms with Crippen LogP contribution in [0.5, 0.6) is 0 Å². The number of hydrogen-bond acceptors (Lipinski definition) is 1. The van der Waals surface area contributed by atoms with Gasteiger partial charge in [-0.25, -0.2) is 0 Å². The molecule has 0 atom stereocenters. The fraction of sp³-hybridized carbons (Fsp3) is 0.278. The average Bonchev–Trinajstić information content (AvgIpc) is 2.85. The Hall–Kier alpha value is -1.89. The van der Waals surface area contributed by atoms with E-state index in [2.05, 4.69) is 25.1 Å². The summed E-state index contributed by atoms with van der Waals surface area (Å²) in [5.74, 6) is 0.146. The third kappa shape index (κ3) is 2.21. The van der Waals surface area contributed by atoms with Gasteiger partial charge < -0.3 is 0 Å². The zero-order valence-corrected chi connectivity index (χ0v) is 11.5. The molecule has 0 spiro atoms.